The predicted molar refractivity (Wildman–Crippen MR) is 54.5 cm³/mol. The lowest BCUT2D eigenvalue weighted by molar-refractivity contribution is 0.144. The maximum Gasteiger partial charge on any atom is 0.00347 e. The van der Waals surface area contributed by atoms with Crippen LogP contribution < -0.4 is 0 Å². The van der Waals surface area contributed by atoms with Crippen molar-refractivity contribution in [1.82, 2.24) is 4.90 Å². The van der Waals surface area contributed by atoms with Crippen molar-refractivity contribution in [2.24, 2.45) is 23.2 Å². The molecule has 0 radical (unpaired) electrons. The van der Waals surface area contributed by atoms with E-state index in [0.29, 0.717) is 0 Å². The molecule has 2 atom stereocenters. The molecule has 1 nitrogen and oxygen atoms in total. The van der Waals surface area contributed by atoms with Gasteiger partial charge in [0.25, 0.3) is 0 Å². The largest absolute Gasteiger partial charge is 0.309 e. The molecule has 0 aliphatic heterocycles. The lowest BCUT2D eigenvalue weighted by atomic mass is 9.75. The second-order valence-corrected chi connectivity index (χ2v) is 6.14. The van der Waals surface area contributed by atoms with Gasteiger partial charge in [-0.1, -0.05) is 0 Å². The minimum absolute atomic E-state index is 0.775. The van der Waals surface area contributed by atoms with Crippen molar-refractivity contribution in [2.45, 2.75) is 32.1 Å². The highest BCUT2D eigenvalue weighted by molar-refractivity contribution is 5.08. The number of hydrogen-bond donors (Lipinski definition) is 0. The first-order chi connectivity index (χ1) is 6.18. The van der Waals surface area contributed by atoms with Crippen molar-refractivity contribution >= 4 is 0 Å². The van der Waals surface area contributed by atoms with Gasteiger partial charge in [0.1, 0.15) is 0 Å². The summed E-state index contributed by atoms with van der Waals surface area (Å²) in [7, 11) is 4.49. The van der Waals surface area contributed by atoms with Crippen LogP contribution in [-0.2, 0) is 0 Å². The van der Waals surface area contributed by atoms with Crippen LogP contribution in [0.2, 0.25) is 0 Å². The van der Waals surface area contributed by atoms with Gasteiger partial charge in [-0.2, -0.15) is 0 Å². The highest BCUT2D eigenvalue weighted by atomic mass is 15.1. The van der Waals surface area contributed by atoms with Gasteiger partial charge in [0, 0.05) is 6.54 Å². The van der Waals surface area contributed by atoms with Crippen LogP contribution in [0, 0.1) is 23.2 Å². The predicted octanol–water partition coefficient (Wildman–Crippen LogP) is 2.37. The zero-order valence-electron chi connectivity index (χ0n) is 8.92. The Morgan fingerprint density at radius 3 is 2.23 bits per heavy atom. The summed E-state index contributed by atoms with van der Waals surface area (Å²) in [6, 6.07) is 0. The van der Waals surface area contributed by atoms with E-state index < -0.39 is 0 Å². The van der Waals surface area contributed by atoms with Gasteiger partial charge in [-0.25, -0.2) is 0 Å². The molecule has 4 fully saturated rings. The third kappa shape index (κ3) is 1.09. The number of hydrogen-bond acceptors (Lipinski definition) is 1. The second-order valence-electron chi connectivity index (χ2n) is 6.14. The minimum Gasteiger partial charge on any atom is -0.309 e. The Morgan fingerprint density at radius 1 is 1.08 bits per heavy atom. The summed E-state index contributed by atoms with van der Waals surface area (Å²) in [5, 5.41) is 0. The third-order valence-corrected chi connectivity index (χ3v) is 4.79. The summed E-state index contributed by atoms with van der Waals surface area (Å²) in [6.07, 6.45) is 7.85. The maximum absolute atomic E-state index is 2.42. The van der Waals surface area contributed by atoms with Crippen LogP contribution >= 0.6 is 0 Å². The molecule has 2 unspecified atom stereocenters. The van der Waals surface area contributed by atoms with Crippen molar-refractivity contribution in [3.63, 3.8) is 0 Å². The molecule has 0 heterocycles. The molecule has 0 saturated heterocycles. The van der Waals surface area contributed by atoms with Crippen molar-refractivity contribution < 1.29 is 0 Å². The van der Waals surface area contributed by atoms with E-state index in [1.54, 1.807) is 32.1 Å². The monoisotopic (exact) mass is 179 g/mol. The summed E-state index contributed by atoms with van der Waals surface area (Å²) in [5.41, 5.74) is 0.775. The summed E-state index contributed by atoms with van der Waals surface area (Å²) in [5.74, 6) is 3.36. The Bertz CT molecular complexity index is 207. The lowest BCUT2D eigenvalue weighted by Crippen LogP contribution is -2.34. The summed E-state index contributed by atoms with van der Waals surface area (Å²) >= 11 is 0. The molecule has 0 aromatic heterocycles. The highest BCUT2D eigenvalue weighted by Gasteiger charge is 2.57. The molecule has 4 saturated carbocycles. The van der Waals surface area contributed by atoms with Crippen molar-refractivity contribution in [1.29, 1.82) is 0 Å². The Kier molecular flexibility index (Phi) is 1.59. The summed E-state index contributed by atoms with van der Waals surface area (Å²) in [6.45, 7) is 1.37. The van der Waals surface area contributed by atoms with Crippen molar-refractivity contribution in [3.8, 4) is 0 Å². The van der Waals surface area contributed by atoms with Crippen LogP contribution in [0.25, 0.3) is 0 Å². The maximum atomic E-state index is 2.42. The molecule has 74 valence electrons. The molecule has 0 N–H and O–H groups in total. The second kappa shape index (κ2) is 2.50. The van der Waals surface area contributed by atoms with E-state index in [0.717, 1.165) is 23.2 Å². The van der Waals surface area contributed by atoms with Gasteiger partial charge in [0.05, 0.1) is 0 Å². The fourth-order valence-corrected chi connectivity index (χ4v) is 4.85. The fraction of sp³-hybridized carbons (Fsp3) is 1.00. The van der Waals surface area contributed by atoms with Gasteiger partial charge >= 0.3 is 0 Å². The standard InChI is InChI=1S/C12H21N/c1-13(2)8-12-6-9-3-10(7-12)5-11(12)4-9/h9-11H,3-8H2,1-2H3. The molecule has 13 heavy (non-hydrogen) atoms. The molecule has 0 aromatic carbocycles. The molecule has 4 rings (SSSR count). The van der Waals surface area contributed by atoms with E-state index in [4.69, 9.17) is 0 Å². The van der Waals surface area contributed by atoms with E-state index >= 15 is 0 Å². The molecule has 4 aliphatic carbocycles. The lowest BCUT2D eigenvalue weighted by Gasteiger charge is -2.35. The molecule has 0 aromatic rings. The summed E-state index contributed by atoms with van der Waals surface area (Å²) < 4.78 is 0. The van der Waals surface area contributed by atoms with Crippen LogP contribution in [0.15, 0.2) is 0 Å². The molecule has 1 heteroatoms. The van der Waals surface area contributed by atoms with E-state index in [2.05, 4.69) is 19.0 Å². The van der Waals surface area contributed by atoms with E-state index in [-0.39, 0.29) is 0 Å². The molecular formula is C12H21N. The minimum atomic E-state index is 0.775. The van der Waals surface area contributed by atoms with Crippen LogP contribution in [0.4, 0.5) is 0 Å². The van der Waals surface area contributed by atoms with Crippen LogP contribution in [0.1, 0.15) is 32.1 Å². The molecule has 4 aliphatic rings. The van der Waals surface area contributed by atoms with Gasteiger partial charge < -0.3 is 4.90 Å². The topological polar surface area (TPSA) is 3.24 Å². The quantitative estimate of drug-likeness (QED) is 0.629. The van der Waals surface area contributed by atoms with Gasteiger partial charge in [-0.3, -0.25) is 0 Å². The van der Waals surface area contributed by atoms with E-state index in [1.165, 1.54) is 6.54 Å². The normalized spacial score (nSPS) is 52.4. The SMILES string of the molecule is CN(C)CC12CC3CC(CC1C3)C2. The van der Waals surface area contributed by atoms with Crippen LogP contribution in [-0.4, -0.2) is 25.5 Å². The average Bonchev–Trinajstić information content (AvgIpc) is 2.33. The van der Waals surface area contributed by atoms with Gasteiger partial charge in [-0.15, -0.1) is 0 Å². The highest BCUT2D eigenvalue weighted by Crippen LogP contribution is 2.65. The smallest absolute Gasteiger partial charge is 0.00347 e. The summed E-state index contributed by atoms with van der Waals surface area (Å²) in [4.78, 5) is 2.42. The Balaban J connectivity index is 1.84. The average molecular weight is 179 g/mol. The van der Waals surface area contributed by atoms with Crippen LogP contribution in [0.3, 0.4) is 0 Å². The Morgan fingerprint density at radius 2 is 1.69 bits per heavy atom. The Labute approximate surface area is 81.5 Å². The fourth-order valence-electron chi connectivity index (χ4n) is 4.85. The Hall–Kier alpha value is -0.0400. The van der Waals surface area contributed by atoms with Gasteiger partial charge in [0.15, 0.2) is 0 Å². The first kappa shape index (κ1) is 8.28. The number of rotatable bonds is 2. The van der Waals surface area contributed by atoms with Gasteiger partial charge in [-0.05, 0) is 69.4 Å². The zero-order valence-corrected chi connectivity index (χ0v) is 8.92. The van der Waals surface area contributed by atoms with Crippen molar-refractivity contribution in [3.05, 3.63) is 0 Å². The molecule has 0 spiro atoms. The van der Waals surface area contributed by atoms with Gasteiger partial charge in [0.2, 0.25) is 0 Å². The molecular weight excluding hydrogens is 158 g/mol. The first-order valence-corrected chi connectivity index (χ1v) is 5.83. The zero-order chi connectivity index (χ0) is 9.05. The van der Waals surface area contributed by atoms with E-state index in [1.807, 2.05) is 0 Å². The van der Waals surface area contributed by atoms with Crippen molar-refractivity contribution in [2.75, 3.05) is 20.6 Å². The molecule has 0 amide bonds. The first-order valence-electron chi connectivity index (χ1n) is 5.83. The van der Waals surface area contributed by atoms with Crippen LogP contribution in [0.5, 0.6) is 0 Å². The molecule has 4 bridgehead atoms. The van der Waals surface area contributed by atoms with E-state index in [9.17, 15) is 0 Å². The third-order valence-electron chi connectivity index (χ3n) is 4.79. The number of nitrogens with zero attached hydrogens (tertiary/aromatic N) is 1.